The van der Waals surface area contributed by atoms with E-state index in [2.05, 4.69) is 43.5 Å². The number of carbonyl (C=O) groups is 1. The van der Waals surface area contributed by atoms with Crippen molar-refractivity contribution in [2.45, 2.75) is 236 Å². The van der Waals surface area contributed by atoms with Crippen LogP contribution >= 0.6 is 0 Å². The molecule has 0 radical (unpaired) electrons. The lowest BCUT2D eigenvalue weighted by molar-refractivity contribution is -0.302. The van der Waals surface area contributed by atoms with Gasteiger partial charge in [0.25, 0.3) is 0 Å². The highest BCUT2D eigenvalue weighted by atomic mass is 16.7. The molecular weight excluding hydrogens is 711 g/mol. The molecule has 0 aromatic carbocycles. The largest absolute Gasteiger partial charge is 0.394 e. The molecule has 1 amide bonds. The van der Waals surface area contributed by atoms with E-state index >= 15 is 0 Å². The lowest BCUT2D eigenvalue weighted by Crippen LogP contribution is -2.60. The SMILES string of the molecule is CCCCCCCCC/C=C\CCCCCCC(O)C(=O)NC(COC1OC(CO)C(O)C(O)C1O)C(O)/C=C/CC/C=C/CCCCCCCCCCCC. The normalized spacial score (nSPS) is 22.0. The molecule has 10 nitrogen and oxygen atoms in total. The van der Waals surface area contributed by atoms with Crippen LogP contribution in [-0.2, 0) is 14.3 Å². The van der Waals surface area contributed by atoms with Crippen LogP contribution in [-0.4, -0.2) is 98.7 Å². The Hall–Kier alpha value is -1.63. The van der Waals surface area contributed by atoms with Crippen molar-refractivity contribution in [3.8, 4) is 0 Å². The van der Waals surface area contributed by atoms with Crippen LogP contribution in [0.25, 0.3) is 0 Å². The molecule has 1 heterocycles. The van der Waals surface area contributed by atoms with Crippen LogP contribution < -0.4 is 5.32 Å². The van der Waals surface area contributed by atoms with E-state index in [9.17, 15) is 35.4 Å². The fraction of sp³-hybridized carbons (Fsp3) is 0.848. The third-order valence-electron chi connectivity index (χ3n) is 10.8. The van der Waals surface area contributed by atoms with Crippen LogP contribution in [0, 0.1) is 0 Å². The van der Waals surface area contributed by atoms with Gasteiger partial charge < -0.3 is 45.4 Å². The molecular formula is C46H85NO9. The Morgan fingerprint density at radius 2 is 1.05 bits per heavy atom. The molecule has 8 unspecified atom stereocenters. The highest BCUT2D eigenvalue weighted by Crippen LogP contribution is 2.22. The molecule has 328 valence electrons. The highest BCUT2D eigenvalue weighted by molar-refractivity contribution is 5.80. The zero-order valence-electron chi connectivity index (χ0n) is 35.5. The average molecular weight is 796 g/mol. The first-order valence-electron chi connectivity index (χ1n) is 22.8. The van der Waals surface area contributed by atoms with E-state index < -0.39 is 61.5 Å². The monoisotopic (exact) mass is 796 g/mol. The summed E-state index contributed by atoms with van der Waals surface area (Å²) in [6.07, 6.45) is 33.7. The van der Waals surface area contributed by atoms with E-state index in [1.807, 2.05) is 6.08 Å². The first kappa shape index (κ1) is 52.4. The zero-order valence-corrected chi connectivity index (χ0v) is 35.5. The van der Waals surface area contributed by atoms with Gasteiger partial charge in [-0.2, -0.15) is 0 Å². The van der Waals surface area contributed by atoms with Crippen LogP contribution in [0.4, 0.5) is 0 Å². The van der Waals surface area contributed by atoms with Crippen molar-refractivity contribution < 1.29 is 44.9 Å². The Balaban J connectivity index is 2.47. The molecule has 0 aliphatic carbocycles. The first-order valence-corrected chi connectivity index (χ1v) is 22.8. The lowest BCUT2D eigenvalue weighted by Gasteiger charge is -2.40. The number of amides is 1. The molecule has 10 heteroatoms. The summed E-state index contributed by atoms with van der Waals surface area (Å²) in [6, 6.07) is -1.000. The fourth-order valence-corrected chi connectivity index (χ4v) is 7.00. The van der Waals surface area contributed by atoms with Gasteiger partial charge in [0.15, 0.2) is 6.29 Å². The summed E-state index contributed by atoms with van der Waals surface area (Å²) >= 11 is 0. The van der Waals surface area contributed by atoms with E-state index in [4.69, 9.17) is 9.47 Å². The van der Waals surface area contributed by atoms with E-state index in [1.54, 1.807) is 6.08 Å². The van der Waals surface area contributed by atoms with Crippen molar-refractivity contribution in [3.63, 3.8) is 0 Å². The molecule has 1 aliphatic heterocycles. The molecule has 0 saturated carbocycles. The molecule has 1 rings (SSSR count). The summed E-state index contributed by atoms with van der Waals surface area (Å²) in [4.78, 5) is 13.0. The molecule has 7 N–H and O–H groups in total. The number of allylic oxidation sites excluding steroid dienone is 5. The average Bonchev–Trinajstić information content (AvgIpc) is 3.20. The number of aliphatic hydroxyl groups excluding tert-OH is 6. The third-order valence-corrected chi connectivity index (χ3v) is 10.8. The summed E-state index contributed by atoms with van der Waals surface area (Å²) in [6.45, 7) is 3.57. The Morgan fingerprint density at radius 3 is 1.55 bits per heavy atom. The predicted molar refractivity (Wildman–Crippen MR) is 227 cm³/mol. The predicted octanol–water partition coefficient (Wildman–Crippen LogP) is 8.25. The van der Waals surface area contributed by atoms with Gasteiger partial charge in [0.1, 0.15) is 30.5 Å². The number of carbonyl (C=O) groups excluding carboxylic acids is 1. The molecule has 0 aromatic heterocycles. The smallest absolute Gasteiger partial charge is 0.249 e. The van der Waals surface area contributed by atoms with E-state index in [0.29, 0.717) is 12.8 Å². The van der Waals surface area contributed by atoms with Crippen LogP contribution in [0.2, 0.25) is 0 Å². The minimum atomic E-state index is -1.62. The molecule has 0 spiro atoms. The van der Waals surface area contributed by atoms with Gasteiger partial charge in [0.05, 0.1) is 25.4 Å². The summed E-state index contributed by atoms with van der Waals surface area (Å²) in [5, 5.41) is 64.6. The summed E-state index contributed by atoms with van der Waals surface area (Å²) in [5.41, 5.74) is 0. The standard InChI is InChI=1S/C46H85NO9/c1-3-5-7-9-11-13-15-17-19-21-22-24-26-28-30-32-34-39(49)38(37-55-46-44(53)43(52)42(51)41(36-48)56-46)47-45(54)40(50)35-33-31-29-27-25-23-20-18-16-14-12-10-8-6-4-2/h20,23-24,26,32,34,38-44,46,48-53H,3-19,21-22,25,27-31,33,35-37H2,1-2H3,(H,47,54)/b23-20-,26-24+,34-32+. The van der Waals surface area contributed by atoms with Crippen molar-refractivity contribution in [3.05, 3.63) is 36.5 Å². The minimum Gasteiger partial charge on any atom is -0.394 e. The van der Waals surface area contributed by atoms with Crippen molar-refractivity contribution in [2.75, 3.05) is 13.2 Å². The van der Waals surface area contributed by atoms with Gasteiger partial charge in [-0.15, -0.1) is 0 Å². The number of aliphatic hydroxyl groups is 6. The van der Waals surface area contributed by atoms with E-state index in [0.717, 1.165) is 44.9 Å². The van der Waals surface area contributed by atoms with Gasteiger partial charge in [-0.05, 0) is 57.8 Å². The second kappa shape index (κ2) is 36.4. The van der Waals surface area contributed by atoms with Crippen LogP contribution in [0.5, 0.6) is 0 Å². The quantitative estimate of drug-likeness (QED) is 0.0242. The maximum Gasteiger partial charge on any atom is 0.249 e. The number of nitrogens with one attached hydrogen (secondary N) is 1. The number of hydrogen-bond acceptors (Lipinski definition) is 9. The Labute approximate surface area is 341 Å². The third kappa shape index (κ3) is 26.4. The Morgan fingerprint density at radius 1 is 0.607 bits per heavy atom. The lowest BCUT2D eigenvalue weighted by atomic mass is 9.99. The molecule has 0 bridgehead atoms. The number of unbranched alkanes of at least 4 members (excludes halogenated alkanes) is 22. The Kier molecular flexibility index (Phi) is 34.1. The summed E-state index contributed by atoms with van der Waals surface area (Å²) in [5.74, 6) is -0.636. The summed E-state index contributed by atoms with van der Waals surface area (Å²) in [7, 11) is 0. The first-order chi connectivity index (χ1) is 27.3. The van der Waals surface area contributed by atoms with E-state index in [-0.39, 0.29) is 13.0 Å². The van der Waals surface area contributed by atoms with Gasteiger partial charge in [0, 0.05) is 0 Å². The number of hydrogen-bond donors (Lipinski definition) is 7. The second-order valence-corrected chi connectivity index (χ2v) is 16.0. The molecule has 56 heavy (non-hydrogen) atoms. The fourth-order valence-electron chi connectivity index (χ4n) is 7.00. The van der Waals surface area contributed by atoms with E-state index in [1.165, 1.54) is 109 Å². The summed E-state index contributed by atoms with van der Waals surface area (Å²) < 4.78 is 11.1. The number of rotatable bonds is 37. The molecule has 0 aromatic rings. The van der Waals surface area contributed by atoms with Gasteiger partial charge in [-0.1, -0.05) is 166 Å². The van der Waals surface area contributed by atoms with Gasteiger partial charge in [-0.3, -0.25) is 4.79 Å². The van der Waals surface area contributed by atoms with Crippen molar-refractivity contribution in [1.29, 1.82) is 0 Å². The van der Waals surface area contributed by atoms with Crippen LogP contribution in [0.3, 0.4) is 0 Å². The molecule has 8 atom stereocenters. The van der Waals surface area contributed by atoms with Crippen LogP contribution in [0.15, 0.2) is 36.5 Å². The van der Waals surface area contributed by atoms with Gasteiger partial charge in [0.2, 0.25) is 5.91 Å². The molecule has 1 fully saturated rings. The Bertz CT molecular complexity index is 990. The topological polar surface area (TPSA) is 169 Å². The van der Waals surface area contributed by atoms with Crippen molar-refractivity contribution in [2.24, 2.45) is 0 Å². The maximum atomic E-state index is 13.0. The zero-order chi connectivity index (χ0) is 41.1. The van der Waals surface area contributed by atoms with Crippen molar-refractivity contribution >= 4 is 5.91 Å². The van der Waals surface area contributed by atoms with Gasteiger partial charge >= 0.3 is 0 Å². The van der Waals surface area contributed by atoms with Crippen molar-refractivity contribution in [1.82, 2.24) is 5.32 Å². The molecule has 1 aliphatic rings. The highest BCUT2D eigenvalue weighted by Gasteiger charge is 2.44. The number of ether oxygens (including phenoxy) is 2. The minimum absolute atomic E-state index is 0.289. The second-order valence-electron chi connectivity index (χ2n) is 16.0. The maximum absolute atomic E-state index is 13.0. The molecule has 1 saturated heterocycles. The van der Waals surface area contributed by atoms with Gasteiger partial charge in [-0.25, -0.2) is 0 Å². The van der Waals surface area contributed by atoms with Crippen LogP contribution in [0.1, 0.15) is 187 Å².